The van der Waals surface area contributed by atoms with Crippen molar-refractivity contribution in [3.05, 3.63) is 18.3 Å². The highest BCUT2D eigenvalue weighted by molar-refractivity contribution is 5.90. The number of rotatable bonds is 3. The summed E-state index contributed by atoms with van der Waals surface area (Å²) in [4.78, 5) is 14.9. The summed E-state index contributed by atoms with van der Waals surface area (Å²) in [7, 11) is 1.55. The van der Waals surface area contributed by atoms with E-state index in [2.05, 4.69) is 10.3 Å². The second kappa shape index (κ2) is 12.5. The fourth-order valence-electron chi connectivity index (χ4n) is 0.824. The van der Waals surface area contributed by atoms with E-state index in [-0.39, 0.29) is 5.91 Å². The molecule has 1 aromatic rings. The van der Waals surface area contributed by atoms with Crippen LogP contribution in [0.5, 0.6) is 5.88 Å². The summed E-state index contributed by atoms with van der Waals surface area (Å²) in [5, 5.41) is 2.69. The molecule has 0 saturated carbocycles. The van der Waals surface area contributed by atoms with Gasteiger partial charge in [0, 0.05) is 12.5 Å². The second-order valence-electron chi connectivity index (χ2n) is 2.49. The number of carbonyl (C=O) groups excluding carboxylic acids is 1. The first-order valence-corrected chi connectivity index (χ1v) is 6.06. The Labute approximate surface area is 104 Å². The lowest BCUT2D eigenvalue weighted by Crippen LogP contribution is -2.09. The lowest BCUT2D eigenvalue weighted by Gasteiger charge is -2.03. The average molecular weight is 240 g/mol. The van der Waals surface area contributed by atoms with Gasteiger partial charge in [-0.3, -0.25) is 4.79 Å². The maximum atomic E-state index is 11.0. The quantitative estimate of drug-likeness (QED) is 0.879. The number of amides is 1. The van der Waals surface area contributed by atoms with E-state index in [0.29, 0.717) is 18.0 Å². The number of nitrogens with zero attached hydrogens (tertiary/aromatic N) is 1. The lowest BCUT2D eigenvalue weighted by molar-refractivity contribution is -0.115. The molecule has 1 amide bonds. The molecular weight excluding hydrogens is 216 g/mol. The zero-order valence-electron chi connectivity index (χ0n) is 11.7. The molecule has 0 saturated heterocycles. The van der Waals surface area contributed by atoms with Gasteiger partial charge < -0.3 is 10.1 Å². The van der Waals surface area contributed by atoms with E-state index < -0.39 is 0 Å². The highest BCUT2D eigenvalue weighted by atomic mass is 16.5. The van der Waals surface area contributed by atoms with Gasteiger partial charge in [-0.25, -0.2) is 4.98 Å². The lowest BCUT2D eigenvalue weighted by atomic mass is 10.4. The maximum absolute atomic E-state index is 11.0. The summed E-state index contributed by atoms with van der Waals surface area (Å²) < 4.78 is 4.88. The number of hydrogen-bond donors (Lipinski definition) is 1. The van der Waals surface area contributed by atoms with Crippen molar-refractivity contribution in [2.75, 3.05) is 12.4 Å². The summed E-state index contributed by atoms with van der Waals surface area (Å²) in [6.45, 7) is 9.80. The molecule has 0 aliphatic rings. The Morgan fingerprint density at radius 3 is 2.24 bits per heavy atom. The third-order valence-electron chi connectivity index (χ3n) is 1.55. The van der Waals surface area contributed by atoms with Crippen LogP contribution >= 0.6 is 0 Å². The Balaban J connectivity index is 0. The summed E-state index contributed by atoms with van der Waals surface area (Å²) in [5.41, 5.74) is 0.688. The molecule has 1 heterocycles. The van der Waals surface area contributed by atoms with Crippen molar-refractivity contribution < 1.29 is 9.53 Å². The monoisotopic (exact) mass is 240 g/mol. The van der Waals surface area contributed by atoms with E-state index in [1.165, 1.54) is 0 Å². The number of hydrogen-bond acceptors (Lipinski definition) is 3. The highest BCUT2D eigenvalue weighted by Gasteiger charge is 1.98. The van der Waals surface area contributed by atoms with Gasteiger partial charge in [0.05, 0.1) is 19.0 Å². The van der Waals surface area contributed by atoms with Gasteiger partial charge in [0.25, 0.3) is 0 Å². The van der Waals surface area contributed by atoms with E-state index in [0.717, 1.165) is 0 Å². The number of nitrogens with one attached hydrogen (secondary N) is 1. The molecule has 0 aliphatic carbocycles. The van der Waals surface area contributed by atoms with Crippen LogP contribution in [0, 0.1) is 0 Å². The number of anilines is 1. The minimum atomic E-state index is -0.0213. The smallest absolute Gasteiger partial charge is 0.224 e. The van der Waals surface area contributed by atoms with E-state index in [9.17, 15) is 4.79 Å². The van der Waals surface area contributed by atoms with Crippen LogP contribution in [-0.2, 0) is 4.79 Å². The van der Waals surface area contributed by atoms with Crippen molar-refractivity contribution in [1.82, 2.24) is 4.98 Å². The standard InChI is InChI=1S/C9H12N2O2.2C2H6/c1-3-8(12)11-7-4-5-9(13-2)10-6-7;2*1-2/h4-6H,3H2,1-2H3,(H,11,12);2*1-2H3. The Bertz CT molecular complexity index is 284. The minimum absolute atomic E-state index is 0.0213. The molecule has 0 unspecified atom stereocenters. The highest BCUT2D eigenvalue weighted by Crippen LogP contribution is 2.10. The maximum Gasteiger partial charge on any atom is 0.224 e. The number of methoxy groups -OCH3 is 1. The molecule has 0 fully saturated rings. The van der Waals surface area contributed by atoms with E-state index >= 15 is 0 Å². The Morgan fingerprint density at radius 1 is 1.29 bits per heavy atom. The van der Waals surface area contributed by atoms with Crippen molar-refractivity contribution in [2.24, 2.45) is 0 Å². The number of ether oxygens (including phenoxy) is 1. The fraction of sp³-hybridized carbons (Fsp3) is 0.538. The zero-order valence-corrected chi connectivity index (χ0v) is 11.7. The van der Waals surface area contributed by atoms with Crippen LogP contribution in [0.4, 0.5) is 5.69 Å². The van der Waals surface area contributed by atoms with Gasteiger partial charge in [0.1, 0.15) is 0 Å². The normalized spacial score (nSPS) is 7.88. The molecule has 0 aliphatic heterocycles. The largest absolute Gasteiger partial charge is 0.481 e. The molecule has 0 aromatic carbocycles. The first-order chi connectivity index (χ1) is 8.26. The van der Waals surface area contributed by atoms with Gasteiger partial charge >= 0.3 is 0 Å². The summed E-state index contributed by atoms with van der Waals surface area (Å²) in [6, 6.07) is 3.45. The molecule has 0 bridgehead atoms. The summed E-state index contributed by atoms with van der Waals surface area (Å²) in [6.07, 6.45) is 2.03. The summed E-state index contributed by atoms with van der Waals surface area (Å²) in [5.74, 6) is 0.515. The van der Waals surface area contributed by atoms with Crippen LogP contribution in [-0.4, -0.2) is 18.0 Å². The number of carbonyl (C=O) groups is 1. The van der Waals surface area contributed by atoms with Crippen LogP contribution < -0.4 is 10.1 Å². The van der Waals surface area contributed by atoms with Crippen LogP contribution in [0.25, 0.3) is 0 Å². The first kappa shape index (κ1) is 17.8. The SMILES string of the molecule is CC.CC.CCC(=O)Nc1ccc(OC)nc1. The predicted molar refractivity (Wildman–Crippen MR) is 72.4 cm³/mol. The van der Waals surface area contributed by atoms with Gasteiger partial charge in [-0.15, -0.1) is 0 Å². The van der Waals surface area contributed by atoms with Gasteiger partial charge in [0.15, 0.2) is 0 Å². The summed E-state index contributed by atoms with van der Waals surface area (Å²) >= 11 is 0. The van der Waals surface area contributed by atoms with Crippen LogP contribution in [0.15, 0.2) is 18.3 Å². The average Bonchev–Trinajstić information content (AvgIpc) is 2.44. The molecule has 4 nitrogen and oxygen atoms in total. The van der Waals surface area contributed by atoms with Crippen molar-refractivity contribution in [3.8, 4) is 5.88 Å². The Hall–Kier alpha value is -1.58. The second-order valence-corrected chi connectivity index (χ2v) is 2.49. The molecule has 98 valence electrons. The number of pyridine rings is 1. The molecule has 17 heavy (non-hydrogen) atoms. The van der Waals surface area contributed by atoms with Crippen molar-refractivity contribution >= 4 is 11.6 Å². The fourth-order valence-corrected chi connectivity index (χ4v) is 0.824. The van der Waals surface area contributed by atoms with Crippen molar-refractivity contribution in [1.29, 1.82) is 0 Å². The van der Waals surface area contributed by atoms with Crippen LogP contribution in [0.3, 0.4) is 0 Å². The third-order valence-corrected chi connectivity index (χ3v) is 1.55. The van der Waals surface area contributed by atoms with Gasteiger partial charge in [-0.2, -0.15) is 0 Å². The molecule has 1 aromatic heterocycles. The zero-order chi connectivity index (χ0) is 13.7. The Morgan fingerprint density at radius 2 is 1.88 bits per heavy atom. The van der Waals surface area contributed by atoms with E-state index in [1.54, 1.807) is 32.4 Å². The van der Waals surface area contributed by atoms with Crippen molar-refractivity contribution in [3.63, 3.8) is 0 Å². The Kier molecular flexibility index (Phi) is 13.1. The molecular formula is C13H24N2O2. The van der Waals surface area contributed by atoms with Crippen molar-refractivity contribution in [2.45, 2.75) is 41.0 Å². The molecule has 0 spiro atoms. The molecule has 1 N–H and O–H groups in total. The van der Waals surface area contributed by atoms with Crippen LogP contribution in [0.1, 0.15) is 41.0 Å². The van der Waals surface area contributed by atoms with E-state index in [1.807, 2.05) is 27.7 Å². The first-order valence-electron chi connectivity index (χ1n) is 6.06. The van der Waals surface area contributed by atoms with Gasteiger partial charge in [0.2, 0.25) is 11.8 Å². The molecule has 1 rings (SSSR count). The molecule has 4 heteroatoms. The van der Waals surface area contributed by atoms with Gasteiger partial charge in [-0.05, 0) is 6.07 Å². The predicted octanol–water partition coefficient (Wildman–Crippen LogP) is 3.49. The van der Waals surface area contributed by atoms with Gasteiger partial charge in [-0.1, -0.05) is 34.6 Å². The van der Waals surface area contributed by atoms with E-state index in [4.69, 9.17) is 4.74 Å². The number of aromatic nitrogens is 1. The molecule has 0 atom stereocenters. The molecule has 0 radical (unpaired) electrons. The topological polar surface area (TPSA) is 51.2 Å². The van der Waals surface area contributed by atoms with Crippen LogP contribution in [0.2, 0.25) is 0 Å². The minimum Gasteiger partial charge on any atom is -0.481 e. The third kappa shape index (κ3) is 8.25.